The highest BCUT2D eigenvalue weighted by molar-refractivity contribution is 6.05. The number of rotatable bonds is 7. The first-order valence-electron chi connectivity index (χ1n) is 14.0. The Morgan fingerprint density at radius 1 is 0.884 bits per heavy atom. The lowest BCUT2D eigenvalue weighted by Crippen LogP contribution is -2.12. The zero-order chi connectivity index (χ0) is 30.1. The number of carbonyl (C=O) groups excluding carboxylic acids is 1. The van der Waals surface area contributed by atoms with Crippen LogP contribution in [0.2, 0.25) is 0 Å². The van der Waals surface area contributed by atoms with Crippen molar-refractivity contribution in [3.63, 3.8) is 0 Å². The molecule has 6 rings (SSSR count). The molecule has 0 saturated heterocycles. The predicted molar refractivity (Wildman–Crippen MR) is 170 cm³/mol. The van der Waals surface area contributed by atoms with E-state index < -0.39 is 10.8 Å². The maximum atomic E-state index is 13.0. The van der Waals surface area contributed by atoms with E-state index in [0.29, 0.717) is 11.3 Å². The molecule has 8 nitrogen and oxygen atoms in total. The Bertz CT molecular complexity index is 2010. The minimum absolute atomic E-state index is 0.0857. The Morgan fingerprint density at radius 2 is 1.65 bits per heavy atom. The van der Waals surface area contributed by atoms with Crippen LogP contribution in [0.4, 0.5) is 11.4 Å². The molecule has 0 aliphatic heterocycles. The molecule has 43 heavy (non-hydrogen) atoms. The van der Waals surface area contributed by atoms with Gasteiger partial charge in [-0.15, -0.1) is 0 Å². The smallest absolute Gasteiger partial charge is 0.273 e. The summed E-state index contributed by atoms with van der Waals surface area (Å²) in [4.78, 5) is 32.8. The van der Waals surface area contributed by atoms with Gasteiger partial charge < -0.3 is 9.88 Å². The molecule has 212 valence electrons. The van der Waals surface area contributed by atoms with Crippen LogP contribution in [0.5, 0.6) is 0 Å². The summed E-state index contributed by atoms with van der Waals surface area (Å²) in [5.74, 6) is 0.378. The van der Waals surface area contributed by atoms with E-state index in [1.807, 2.05) is 24.3 Å². The van der Waals surface area contributed by atoms with Crippen molar-refractivity contribution in [1.29, 1.82) is 0 Å². The molecule has 0 atom stereocenters. The van der Waals surface area contributed by atoms with Crippen LogP contribution in [0.25, 0.3) is 39.0 Å². The zero-order valence-corrected chi connectivity index (χ0v) is 24.0. The summed E-state index contributed by atoms with van der Waals surface area (Å²) < 4.78 is 2.10. The van der Waals surface area contributed by atoms with E-state index in [4.69, 9.17) is 0 Å². The topological polar surface area (TPSA) is 103 Å². The van der Waals surface area contributed by atoms with Crippen molar-refractivity contribution in [3.8, 4) is 28.1 Å². The zero-order valence-electron chi connectivity index (χ0n) is 24.0. The van der Waals surface area contributed by atoms with Crippen LogP contribution in [-0.4, -0.2) is 25.4 Å². The summed E-state index contributed by atoms with van der Waals surface area (Å²) in [6.45, 7) is 5.79. The third kappa shape index (κ3) is 5.50. The van der Waals surface area contributed by atoms with Crippen LogP contribution in [0.15, 0.2) is 104 Å². The second-order valence-electron chi connectivity index (χ2n) is 10.5. The number of nitro benzene ring substituents is 1. The first-order valence-corrected chi connectivity index (χ1v) is 14.0. The third-order valence-corrected chi connectivity index (χ3v) is 7.61. The lowest BCUT2D eigenvalue weighted by Gasteiger charge is -2.10. The largest absolute Gasteiger partial charge is 0.322 e. The number of amides is 1. The van der Waals surface area contributed by atoms with Crippen LogP contribution in [0.3, 0.4) is 0 Å². The van der Waals surface area contributed by atoms with Crippen molar-refractivity contribution in [2.24, 2.45) is 0 Å². The standard InChI is InChI=1S/C35H29N5O3/c1-4-28-19-34(37-21-36-28)39-20-31(24-11-8-22(2)9-12-24)30-15-14-26(17-33(30)39)25-6-5-7-29(16-25)38-35(41)27-13-10-23(3)32(18-27)40(42)43/h5-21H,4H2,1-3H3,(H,38,41). The van der Waals surface area contributed by atoms with Crippen LogP contribution in [0, 0.1) is 24.0 Å². The number of carbonyl (C=O) groups is 1. The fourth-order valence-electron chi connectivity index (χ4n) is 5.20. The van der Waals surface area contributed by atoms with E-state index in [-0.39, 0.29) is 11.3 Å². The molecule has 1 N–H and O–H groups in total. The number of nitro groups is 1. The average molecular weight is 568 g/mol. The molecule has 0 aliphatic rings. The molecule has 1 amide bonds. The summed E-state index contributed by atoms with van der Waals surface area (Å²) >= 11 is 0. The van der Waals surface area contributed by atoms with E-state index in [2.05, 4.69) is 82.4 Å². The van der Waals surface area contributed by atoms with E-state index in [1.54, 1.807) is 31.5 Å². The van der Waals surface area contributed by atoms with Crippen LogP contribution in [0.1, 0.15) is 34.1 Å². The number of nitrogens with zero attached hydrogens (tertiary/aromatic N) is 4. The number of hydrogen-bond donors (Lipinski definition) is 1. The minimum atomic E-state index is -0.479. The van der Waals surface area contributed by atoms with Gasteiger partial charge in [-0.1, -0.05) is 67.1 Å². The molecule has 6 aromatic rings. The van der Waals surface area contributed by atoms with Crippen LogP contribution in [-0.2, 0) is 6.42 Å². The van der Waals surface area contributed by atoms with Gasteiger partial charge in [-0.3, -0.25) is 14.9 Å². The van der Waals surface area contributed by atoms with E-state index in [9.17, 15) is 14.9 Å². The maximum Gasteiger partial charge on any atom is 0.273 e. The Hall–Kier alpha value is -5.63. The second-order valence-corrected chi connectivity index (χ2v) is 10.5. The lowest BCUT2D eigenvalue weighted by atomic mass is 10.00. The summed E-state index contributed by atoms with van der Waals surface area (Å²) in [5.41, 5.74) is 8.49. The normalized spacial score (nSPS) is 11.0. The van der Waals surface area contributed by atoms with E-state index in [1.165, 1.54) is 11.6 Å². The molecule has 0 spiro atoms. The Balaban J connectivity index is 1.40. The van der Waals surface area contributed by atoms with Gasteiger partial charge in [-0.2, -0.15) is 0 Å². The number of benzene rings is 4. The van der Waals surface area contributed by atoms with Gasteiger partial charge >= 0.3 is 0 Å². The maximum absolute atomic E-state index is 13.0. The van der Waals surface area contributed by atoms with Gasteiger partial charge in [0, 0.05) is 51.8 Å². The number of anilines is 1. The van der Waals surface area contributed by atoms with Gasteiger partial charge in [-0.05, 0) is 61.2 Å². The van der Waals surface area contributed by atoms with Crippen LogP contribution >= 0.6 is 0 Å². The van der Waals surface area contributed by atoms with Gasteiger partial charge in [0.05, 0.1) is 10.4 Å². The molecular weight excluding hydrogens is 538 g/mol. The lowest BCUT2D eigenvalue weighted by molar-refractivity contribution is -0.385. The summed E-state index contributed by atoms with van der Waals surface area (Å²) in [6, 6.07) is 28.9. The van der Waals surface area contributed by atoms with E-state index >= 15 is 0 Å². The molecule has 0 radical (unpaired) electrons. The molecular formula is C35H29N5O3. The van der Waals surface area contributed by atoms with Crippen LogP contribution < -0.4 is 5.32 Å². The van der Waals surface area contributed by atoms with Gasteiger partial charge in [0.15, 0.2) is 0 Å². The number of aryl methyl sites for hydroxylation is 3. The van der Waals surface area contributed by atoms with Gasteiger partial charge in [0.25, 0.3) is 11.6 Å². The summed E-state index contributed by atoms with van der Waals surface area (Å²) in [5, 5.41) is 15.3. The monoisotopic (exact) mass is 567 g/mol. The van der Waals surface area contributed by atoms with Crippen molar-refractivity contribution in [2.75, 3.05) is 5.32 Å². The summed E-state index contributed by atoms with van der Waals surface area (Å²) in [7, 11) is 0. The fourth-order valence-corrected chi connectivity index (χ4v) is 5.20. The molecule has 2 aromatic heterocycles. The van der Waals surface area contributed by atoms with Crippen molar-refractivity contribution in [3.05, 3.63) is 136 Å². The average Bonchev–Trinajstić information content (AvgIpc) is 3.40. The highest BCUT2D eigenvalue weighted by Gasteiger charge is 2.17. The number of hydrogen-bond acceptors (Lipinski definition) is 5. The highest BCUT2D eigenvalue weighted by Crippen LogP contribution is 2.35. The van der Waals surface area contributed by atoms with Gasteiger partial charge in [0.1, 0.15) is 12.1 Å². The molecule has 2 heterocycles. The Labute approximate surface area is 248 Å². The minimum Gasteiger partial charge on any atom is -0.322 e. The third-order valence-electron chi connectivity index (χ3n) is 7.61. The second kappa shape index (κ2) is 11.3. The SMILES string of the molecule is CCc1cc(-n2cc(-c3ccc(C)cc3)c3ccc(-c4cccc(NC(=O)c5ccc(C)c([N+](=O)[O-])c5)c4)cc32)ncn1. The molecule has 4 aromatic carbocycles. The first-order chi connectivity index (χ1) is 20.8. The Kier molecular flexibility index (Phi) is 7.26. The summed E-state index contributed by atoms with van der Waals surface area (Å²) in [6.07, 6.45) is 4.53. The van der Waals surface area contributed by atoms with Crippen molar-refractivity contribution in [2.45, 2.75) is 27.2 Å². The molecule has 0 bridgehead atoms. The number of fused-ring (bicyclic) bond motifs is 1. The quantitative estimate of drug-likeness (QED) is 0.155. The van der Waals surface area contributed by atoms with Crippen molar-refractivity contribution >= 4 is 28.2 Å². The molecule has 0 unspecified atom stereocenters. The molecule has 8 heteroatoms. The van der Waals surface area contributed by atoms with Gasteiger partial charge in [-0.25, -0.2) is 9.97 Å². The number of nitrogens with one attached hydrogen (secondary N) is 1. The fraction of sp³-hybridized carbons (Fsp3) is 0.114. The van der Waals surface area contributed by atoms with Crippen molar-refractivity contribution in [1.82, 2.24) is 14.5 Å². The highest BCUT2D eigenvalue weighted by atomic mass is 16.6. The molecule has 0 fully saturated rings. The van der Waals surface area contributed by atoms with E-state index in [0.717, 1.165) is 51.1 Å². The van der Waals surface area contributed by atoms with Gasteiger partial charge in [0.2, 0.25) is 0 Å². The Morgan fingerprint density at radius 3 is 2.42 bits per heavy atom. The molecule has 0 aliphatic carbocycles. The van der Waals surface area contributed by atoms with Crippen molar-refractivity contribution < 1.29 is 9.72 Å². The first kappa shape index (κ1) is 27.5. The molecule has 0 saturated carbocycles. The predicted octanol–water partition coefficient (Wildman–Crippen LogP) is 8.09. The number of aromatic nitrogens is 3.